The first-order valence-electron chi connectivity index (χ1n) is 9.05. The van der Waals surface area contributed by atoms with Crippen molar-refractivity contribution in [1.29, 1.82) is 0 Å². The van der Waals surface area contributed by atoms with Crippen LogP contribution >= 0.6 is 11.3 Å². The van der Waals surface area contributed by atoms with Crippen molar-refractivity contribution in [3.8, 4) is 0 Å². The monoisotopic (exact) mass is 378 g/mol. The fourth-order valence-electron chi connectivity index (χ4n) is 4.51. The molecule has 0 N–H and O–H groups in total. The van der Waals surface area contributed by atoms with Gasteiger partial charge in [-0.2, -0.15) is 0 Å². The molecule has 0 aromatic carbocycles. The maximum Gasteiger partial charge on any atom is 0.151 e. The van der Waals surface area contributed by atoms with Crippen LogP contribution in [0, 0.1) is 0 Å². The van der Waals surface area contributed by atoms with E-state index in [4.69, 9.17) is 0 Å². The number of anilines is 1. The number of aryl methyl sites for hydroxylation is 2. The highest BCUT2D eigenvalue weighted by molar-refractivity contribution is 7.91. The molecule has 4 heterocycles. The summed E-state index contributed by atoms with van der Waals surface area (Å²) in [5, 5.41) is 1.27. The smallest absolute Gasteiger partial charge is 0.151 e. The highest BCUT2D eigenvalue weighted by Gasteiger charge is 2.34. The minimum atomic E-state index is -2.81. The summed E-state index contributed by atoms with van der Waals surface area (Å²) >= 11 is 1.83. The molecule has 0 saturated carbocycles. The first kappa shape index (κ1) is 16.0. The molecule has 1 atom stereocenters. The lowest BCUT2D eigenvalue weighted by atomic mass is 10.1. The minimum absolute atomic E-state index is 0.211. The summed E-state index contributed by atoms with van der Waals surface area (Å²) in [6.07, 6.45) is 6.06. The van der Waals surface area contributed by atoms with Crippen LogP contribution in [-0.4, -0.2) is 67.0 Å². The number of thiophene rings is 1. The molecule has 2 saturated heterocycles. The Kier molecular flexibility index (Phi) is 3.76. The van der Waals surface area contributed by atoms with Crippen molar-refractivity contribution >= 4 is 37.2 Å². The van der Waals surface area contributed by atoms with Crippen LogP contribution < -0.4 is 4.90 Å². The summed E-state index contributed by atoms with van der Waals surface area (Å²) in [6.45, 7) is 3.65. The Hall–Kier alpha value is -1.25. The average molecular weight is 379 g/mol. The molecule has 2 aliphatic heterocycles. The quantitative estimate of drug-likeness (QED) is 0.789. The van der Waals surface area contributed by atoms with E-state index in [1.807, 2.05) is 11.3 Å². The van der Waals surface area contributed by atoms with Crippen LogP contribution in [0.5, 0.6) is 0 Å². The van der Waals surface area contributed by atoms with Crippen LogP contribution in [-0.2, 0) is 22.7 Å². The van der Waals surface area contributed by atoms with Crippen LogP contribution in [0.1, 0.15) is 23.3 Å². The first-order chi connectivity index (χ1) is 12.1. The zero-order valence-corrected chi connectivity index (χ0v) is 15.8. The zero-order valence-electron chi connectivity index (χ0n) is 14.1. The number of hydrogen-bond donors (Lipinski definition) is 0. The third-order valence-electron chi connectivity index (χ3n) is 5.82. The highest BCUT2D eigenvalue weighted by Crippen LogP contribution is 2.40. The van der Waals surface area contributed by atoms with Crippen molar-refractivity contribution in [2.45, 2.75) is 31.7 Å². The molecular weight excluding hydrogens is 356 g/mol. The van der Waals surface area contributed by atoms with E-state index >= 15 is 0 Å². The van der Waals surface area contributed by atoms with E-state index < -0.39 is 9.84 Å². The molecule has 3 aliphatic rings. The number of aromatic nitrogens is 2. The van der Waals surface area contributed by atoms with E-state index in [0.717, 1.165) is 49.7 Å². The summed E-state index contributed by atoms with van der Waals surface area (Å²) in [7, 11) is -2.81. The minimum Gasteiger partial charge on any atom is -0.353 e. The Labute approximate surface area is 151 Å². The second-order valence-corrected chi connectivity index (χ2v) is 10.6. The molecule has 2 aromatic heterocycles. The van der Waals surface area contributed by atoms with Gasteiger partial charge in [0.05, 0.1) is 16.9 Å². The summed E-state index contributed by atoms with van der Waals surface area (Å²) in [5.74, 6) is 1.77. The van der Waals surface area contributed by atoms with E-state index in [-0.39, 0.29) is 6.04 Å². The van der Waals surface area contributed by atoms with Gasteiger partial charge in [-0.3, -0.25) is 4.90 Å². The molecular formula is C17H22N4O2S2. The van der Waals surface area contributed by atoms with E-state index in [9.17, 15) is 8.42 Å². The van der Waals surface area contributed by atoms with Crippen LogP contribution in [0.2, 0.25) is 0 Å². The Morgan fingerprint density at radius 1 is 1.12 bits per heavy atom. The molecule has 134 valence electrons. The number of piperazine rings is 1. The molecule has 0 amide bonds. The topological polar surface area (TPSA) is 66.4 Å². The Bertz CT molecular complexity index is 916. The zero-order chi connectivity index (χ0) is 17.0. The maximum atomic E-state index is 11.7. The molecule has 2 aromatic rings. The van der Waals surface area contributed by atoms with E-state index in [1.54, 1.807) is 6.33 Å². The largest absolute Gasteiger partial charge is 0.353 e. The van der Waals surface area contributed by atoms with Gasteiger partial charge in [0, 0.05) is 37.1 Å². The number of nitrogens with zero attached hydrogens (tertiary/aromatic N) is 4. The summed E-state index contributed by atoms with van der Waals surface area (Å²) in [6, 6.07) is 0.211. The molecule has 0 radical (unpaired) electrons. The highest BCUT2D eigenvalue weighted by atomic mass is 32.2. The van der Waals surface area contributed by atoms with Crippen molar-refractivity contribution in [2.75, 3.05) is 42.6 Å². The van der Waals surface area contributed by atoms with Crippen LogP contribution in [0.15, 0.2) is 6.33 Å². The van der Waals surface area contributed by atoms with Gasteiger partial charge in [-0.25, -0.2) is 18.4 Å². The fourth-order valence-corrected chi connectivity index (χ4v) is 7.50. The van der Waals surface area contributed by atoms with Gasteiger partial charge >= 0.3 is 0 Å². The molecule has 0 spiro atoms. The van der Waals surface area contributed by atoms with Crippen molar-refractivity contribution < 1.29 is 8.42 Å². The van der Waals surface area contributed by atoms with E-state index in [2.05, 4.69) is 19.8 Å². The Morgan fingerprint density at radius 3 is 2.72 bits per heavy atom. The van der Waals surface area contributed by atoms with Crippen molar-refractivity contribution in [3.63, 3.8) is 0 Å². The summed E-state index contributed by atoms with van der Waals surface area (Å²) < 4.78 is 23.5. The van der Waals surface area contributed by atoms with Crippen molar-refractivity contribution in [2.24, 2.45) is 0 Å². The van der Waals surface area contributed by atoms with Gasteiger partial charge < -0.3 is 4.90 Å². The van der Waals surface area contributed by atoms with Gasteiger partial charge in [-0.05, 0) is 31.2 Å². The summed E-state index contributed by atoms with van der Waals surface area (Å²) in [4.78, 5) is 16.5. The standard InChI is InChI=1S/C17H22N4O2S2/c22-25(23)9-4-12(10-25)20-5-7-21(8-6-20)16-15-13-2-1-3-14(13)24-17(15)19-11-18-16/h11-12H,1-10H2. The molecule has 0 bridgehead atoms. The number of hydrogen-bond acceptors (Lipinski definition) is 7. The van der Waals surface area contributed by atoms with Gasteiger partial charge in [-0.15, -0.1) is 11.3 Å². The van der Waals surface area contributed by atoms with Crippen LogP contribution in [0.3, 0.4) is 0 Å². The second kappa shape index (κ2) is 5.89. The Balaban J connectivity index is 1.37. The lowest BCUT2D eigenvalue weighted by Gasteiger charge is -2.38. The van der Waals surface area contributed by atoms with E-state index in [1.165, 1.54) is 28.7 Å². The third kappa shape index (κ3) is 2.74. The van der Waals surface area contributed by atoms with Crippen LogP contribution in [0.4, 0.5) is 5.82 Å². The normalized spacial score (nSPS) is 26.4. The second-order valence-electron chi connectivity index (χ2n) is 7.31. The molecule has 2 fully saturated rings. The summed E-state index contributed by atoms with van der Waals surface area (Å²) in [5.41, 5.74) is 1.47. The number of sulfone groups is 1. The molecule has 8 heteroatoms. The van der Waals surface area contributed by atoms with Gasteiger partial charge in [0.15, 0.2) is 9.84 Å². The molecule has 5 rings (SSSR count). The van der Waals surface area contributed by atoms with Gasteiger partial charge in [0.1, 0.15) is 17.0 Å². The first-order valence-corrected chi connectivity index (χ1v) is 11.7. The SMILES string of the molecule is O=S1(=O)CCC(N2CCN(c3ncnc4sc5c(c34)CCC5)CC2)C1. The van der Waals surface area contributed by atoms with Gasteiger partial charge in [0.2, 0.25) is 0 Å². The molecule has 1 aliphatic carbocycles. The average Bonchev–Trinajstić information content (AvgIpc) is 3.28. The molecule has 25 heavy (non-hydrogen) atoms. The van der Waals surface area contributed by atoms with Crippen molar-refractivity contribution in [3.05, 3.63) is 16.8 Å². The van der Waals surface area contributed by atoms with Gasteiger partial charge in [0.25, 0.3) is 0 Å². The number of fused-ring (bicyclic) bond motifs is 3. The third-order valence-corrected chi connectivity index (χ3v) is 8.77. The van der Waals surface area contributed by atoms with Gasteiger partial charge in [-0.1, -0.05) is 0 Å². The Morgan fingerprint density at radius 2 is 1.96 bits per heavy atom. The predicted molar refractivity (Wildman–Crippen MR) is 100 cm³/mol. The molecule has 1 unspecified atom stereocenters. The lowest BCUT2D eigenvalue weighted by molar-refractivity contribution is 0.200. The lowest BCUT2D eigenvalue weighted by Crippen LogP contribution is -2.51. The van der Waals surface area contributed by atoms with E-state index in [0.29, 0.717) is 11.5 Å². The maximum absolute atomic E-state index is 11.7. The molecule has 6 nitrogen and oxygen atoms in total. The predicted octanol–water partition coefficient (Wildman–Crippen LogP) is 1.49. The fraction of sp³-hybridized carbons (Fsp3) is 0.647. The van der Waals surface area contributed by atoms with Crippen LogP contribution in [0.25, 0.3) is 10.2 Å². The number of rotatable bonds is 2. The van der Waals surface area contributed by atoms with Crippen molar-refractivity contribution in [1.82, 2.24) is 14.9 Å².